The van der Waals surface area contributed by atoms with Crippen molar-refractivity contribution in [2.24, 2.45) is 92.7 Å². The molecule has 8 fully saturated rings. The highest BCUT2D eigenvalue weighted by molar-refractivity contribution is 5.88. The number of aliphatic hydroxyl groups excluding tert-OH is 4. The molecule has 81 heavy (non-hydrogen) atoms. The van der Waals surface area contributed by atoms with E-state index in [1.165, 1.54) is 0 Å². The summed E-state index contributed by atoms with van der Waals surface area (Å²) in [4.78, 5) is 82.7. The van der Waals surface area contributed by atoms with E-state index in [1.54, 1.807) is 23.6 Å². The van der Waals surface area contributed by atoms with Crippen LogP contribution in [0.15, 0.2) is 0 Å². The number of carbonyl (C=O) groups is 6. The van der Waals surface area contributed by atoms with Crippen molar-refractivity contribution < 1.29 is 58.7 Å². The van der Waals surface area contributed by atoms with Crippen molar-refractivity contribution in [3.05, 3.63) is 0 Å². The molecule has 0 spiro atoms. The number of fused-ring (bicyclic) bond motifs is 10. The van der Waals surface area contributed by atoms with Gasteiger partial charge in [-0.1, -0.05) is 41.5 Å². The van der Waals surface area contributed by atoms with E-state index < -0.39 is 36.0 Å². The van der Waals surface area contributed by atoms with Gasteiger partial charge in [-0.15, -0.1) is 0 Å². The quantitative estimate of drug-likeness (QED) is 0.0399. The highest BCUT2D eigenvalue weighted by atomic mass is 16.5. The molecule has 16 heteroatoms. The fraction of sp³-hybridized carbons (Fsp3) is 0.908. The van der Waals surface area contributed by atoms with Gasteiger partial charge in [0.05, 0.1) is 50.7 Å². The maximum atomic E-state index is 14.3. The summed E-state index contributed by atoms with van der Waals surface area (Å²) in [5, 5.41) is 50.7. The van der Waals surface area contributed by atoms with Crippen LogP contribution in [0.1, 0.15) is 203 Å². The van der Waals surface area contributed by atoms with Gasteiger partial charge in [-0.25, -0.2) is 0 Å². The Kier molecular flexibility index (Phi) is 21.2. The van der Waals surface area contributed by atoms with Crippen LogP contribution in [-0.4, -0.2) is 143 Å². The molecule has 0 aromatic rings. The summed E-state index contributed by atoms with van der Waals surface area (Å²) in [7, 11) is 0. The fourth-order valence-corrected chi connectivity index (χ4v) is 20.3. The van der Waals surface area contributed by atoms with Crippen molar-refractivity contribution >= 4 is 35.6 Å². The molecule has 0 aromatic heterocycles. The average Bonchev–Trinajstić information content (AvgIpc) is 4.03. The standard InChI is InChI=1S/C65H108N4O12/c1-9-80-60(78)36-66-56(74)38-68(58(76)24-14-40(3)48-20-22-50-46-18-16-42-32-44(70)26-28-62(42,5)52(46)34-54(72)64(48,50)7)30-12-11-13-31-69(39-57(75)67-37-61(79)81-10-2)59(77)25-15-41(4)49-21-23-51-47-19-17-43-33-45(71)27-29-63(43,6)53(47)35-55(73)65(49,51)8/h40-55,70-73H,9-39H2,1-8H3,(H,66,74)(H,67,75)/t40?,41?,42-,43-,44-,45-,46+,47+,48+,49+,50+,51+,52+,53+,54+,55+,62+,63+,64-,65-/m1/s1. The monoisotopic (exact) mass is 1140 g/mol. The van der Waals surface area contributed by atoms with Crippen molar-refractivity contribution in [1.29, 1.82) is 0 Å². The Bertz CT molecular complexity index is 2050. The summed E-state index contributed by atoms with van der Waals surface area (Å²) in [6.45, 7) is 17.2. The molecule has 460 valence electrons. The third-order valence-electron chi connectivity index (χ3n) is 24.8. The van der Waals surface area contributed by atoms with E-state index in [4.69, 9.17) is 9.47 Å². The molecule has 8 aliphatic carbocycles. The number of esters is 2. The zero-order chi connectivity index (χ0) is 58.6. The third-order valence-corrected chi connectivity index (χ3v) is 24.8. The number of rotatable bonds is 24. The maximum absolute atomic E-state index is 14.3. The van der Waals surface area contributed by atoms with E-state index in [2.05, 4.69) is 52.2 Å². The predicted octanol–water partition coefficient (Wildman–Crippen LogP) is 7.99. The molecular formula is C65H108N4O12. The van der Waals surface area contributed by atoms with Crippen LogP contribution in [-0.2, 0) is 38.2 Å². The van der Waals surface area contributed by atoms with Gasteiger partial charge in [-0.3, -0.25) is 28.8 Å². The zero-order valence-electron chi connectivity index (χ0n) is 51.1. The van der Waals surface area contributed by atoms with Gasteiger partial charge in [0.2, 0.25) is 23.6 Å². The minimum absolute atomic E-state index is 0.149. The lowest BCUT2D eigenvalue weighted by atomic mass is 9.43. The Labute approximate surface area is 485 Å². The molecule has 2 unspecified atom stereocenters. The smallest absolute Gasteiger partial charge is 0.325 e. The van der Waals surface area contributed by atoms with E-state index in [0.717, 1.165) is 103 Å². The third kappa shape index (κ3) is 13.4. The van der Waals surface area contributed by atoms with Gasteiger partial charge in [0, 0.05) is 25.9 Å². The first-order chi connectivity index (χ1) is 38.5. The molecular weight excluding hydrogens is 1030 g/mol. The number of ether oxygens (including phenoxy) is 2. The molecule has 0 saturated heterocycles. The average molecular weight is 1140 g/mol. The van der Waals surface area contributed by atoms with Crippen LogP contribution in [0.25, 0.3) is 0 Å². The first-order valence-electron chi connectivity index (χ1n) is 32.6. The minimum Gasteiger partial charge on any atom is -0.465 e. The molecule has 16 nitrogen and oxygen atoms in total. The number of hydrogen-bond donors (Lipinski definition) is 6. The number of unbranched alkanes of at least 4 members (excludes halogenated alkanes) is 2. The predicted molar refractivity (Wildman–Crippen MR) is 308 cm³/mol. The fourth-order valence-electron chi connectivity index (χ4n) is 20.3. The minimum atomic E-state index is -0.559. The first-order valence-corrected chi connectivity index (χ1v) is 32.6. The topological polar surface area (TPSA) is 232 Å². The van der Waals surface area contributed by atoms with Crippen molar-refractivity contribution in [2.45, 2.75) is 227 Å². The van der Waals surface area contributed by atoms with Gasteiger partial charge < -0.3 is 50.3 Å². The Hall–Kier alpha value is -3.34. The van der Waals surface area contributed by atoms with Crippen LogP contribution in [0.3, 0.4) is 0 Å². The van der Waals surface area contributed by atoms with E-state index in [-0.39, 0.29) is 135 Å². The van der Waals surface area contributed by atoms with Crippen LogP contribution in [0.4, 0.5) is 0 Å². The molecule has 0 heterocycles. The molecule has 0 radical (unpaired) electrons. The van der Waals surface area contributed by atoms with Gasteiger partial charge in [0.15, 0.2) is 0 Å². The molecule has 8 rings (SSSR count). The number of amides is 4. The Morgan fingerprint density at radius 3 is 1.30 bits per heavy atom. The Balaban J connectivity index is 0.864. The zero-order valence-corrected chi connectivity index (χ0v) is 51.1. The van der Waals surface area contributed by atoms with Crippen molar-refractivity contribution in [1.82, 2.24) is 20.4 Å². The molecule has 0 aromatic carbocycles. The van der Waals surface area contributed by atoms with Crippen molar-refractivity contribution in [3.63, 3.8) is 0 Å². The van der Waals surface area contributed by atoms with Crippen LogP contribution in [0.2, 0.25) is 0 Å². The lowest BCUT2D eigenvalue weighted by molar-refractivity contribution is -0.175. The Morgan fingerprint density at radius 1 is 0.519 bits per heavy atom. The highest BCUT2D eigenvalue weighted by Gasteiger charge is 2.65. The lowest BCUT2D eigenvalue weighted by Crippen LogP contribution is -2.58. The molecule has 20 atom stereocenters. The second-order valence-corrected chi connectivity index (χ2v) is 28.7. The number of hydrogen-bond acceptors (Lipinski definition) is 12. The highest BCUT2D eigenvalue weighted by Crippen LogP contribution is 2.70. The summed E-state index contributed by atoms with van der Waals surface area (Å²) >= 11 is 0. The number of aliphatic hydroxyl groups is 4. The van der Waals surface area contributed by atoms with Gasteiger partial charge >= 0.3 is 11.9 Å². The van der Waals surface area contributed by atoms with E-state index in [0.29, 0.717) is 79.4 Å². The van der Waals surface area contributed by atoms with E-state index in [9.17, 15) is 49.2 Å². The summed E-state index contributed by atoms with van der Waals surface area (Å²) in [5.74, 6) is 2.39. The maximum Gasteiger partial charge on any atom is 0.325 e. The summed E-state index contributed by atoms with van der Waals surface area (Å²) in [6, 6.07) is 0. The Morgan fingerprint density at radius 2 is 0.914 bits per heavy atom. The molecule has 0 aliphatic heterocycles. The molecule has 4 amide bonds. The molecule has 8 aliphatic rings. The van der Waals surface area contributed by atoms with E-state index in [1.807, 2.05) is 0 Å². The second-order valence-electron chi connectivity index (χ2n) is 28.7. The van der Waals surface area contributed by atoms with Crippen LogP contribution in [0, 0.1) is 92.7 Å². The number of nitrogens with one attached hydrogen (secondary N) is 2. The molecule has 6 N–H and O–H groups in total. The van der Waals surface area contributed by atoms with Crippen LogP contribution < -0.4 is 10.6 Å². The van der Waals surface area contributed by atoms with Crippen molar-refractivity contribution in [2.75, 3.05) is 52.5 Å². The van der Waals surface area contributed by atoms with Crippen molar-refractivity contribution in [3.8, 4) is 0 Å². The summed E-state index contributed by atoms with van der Waals surface area (Å²) < 4.78 is 10.0. The number of carbonyl (C=O) groups excluding carboxylic acids is 6. The first kappa shape index (κ1) is 63.7. The van der Waals surface area contributed by atoms with Gasteiger partial charge in [-0.05, 0) is 241 Å². The van der Waals surface area contributed by atoms with E-state index >= 15 is 0 Å². The van der Waals surface area contributed by atoms with Gasteiger partial charge in [0.1, 0.15) is 13.1 Å². The normalized spacial score (nSPS) is 39.2. The number of nitrogens with zero attached hydrogens (tertiary/aromatic N) is 2. The summed E-state index contributed by atoms with van der Waals surface area (Å²) in [6.07, 6.45) is 17.9. The molecule has 0 bridgehead atoms. The largest absolute Gasteiger partial charge is 0.465 e. The van der Waals surface area contributed by atoms with Crippen LogP contribution >= 0.6 is 0 Å². The summed E-state index contributed by atoms with van der Waals surface area (Å²) in [5.41, 5.74) is -0.194. The molecule has 8 saturated carbocycles. The second kappa shape index (κ2) is 26.9. The van der Waals surface area contributed by atoms with Crippen LogP contribution in [0.5, 0.6) is 0 Å². The SMILES string of the molecule is CCOC(=O)CNC(=O)CN(CCCCCN(CC(=O)NCC(=O)OCC)C(=O)CCC(C)[C@@H]1CC[C@H]2[C@@H]3CC[C@@H]4C[C@H](O)CC[C@]4(C)[C@H]3C[C@H](O)[C@]12C)C(=O)CCC(C)[C@@H]1CC[C@H]2[C@@H]3CC[C@@H]4C[C@H](O)CC[C@]4(C)[C@H]3C[C@H](O)[C@]12C. The van der Waals surface area contributed by atoms with Gasteiger partial charge in [0.25, 0.3) is 0 Å². The lowest BCUT2D eigenvalue weighted by Gasteiger charge is -2.62. The van der Waals surface area contributed by atoms with Gasteiger partial charge in [-0.2, -0.15) is 0 Å².